The summed E-state index contributed by atoms with van der Waals surface area (Å²) in [4.78, 5) is 10.8. The predicted molar refractivity (Wildman–Crippen MR) is 85.8 cm³/mol. The molecular weight excluding hydrogens is 286 g/mol. The third-order valence-electron chi connectivity index (χ3n) is 3.23. The van der Waals surface area contributed by atoms with Gasteiger partial charge in [0.05, 0.1) is 12.1 Å². The smallest absolute Gasteiger partial charge is 0.216 e. The van der Waals surface area contributed by atoms with Crippen LogP contribution >= 0.6 is 11.6 Å². The zero-order valence-electron chi connectivity index (χ0n) is 12.2. The number of hydrogen-bond donors (Lipinski definition) is 1. The fourth-order valence-corrected chi connectivity index (χ4v) is 2.35. The van der Waals surface area contributed by atoms with E-state index in [1.54, 1.807) is 7.11 Å². The van der Waals surface area contributed by atoms with Crippen LogP contribution in [0, 0.1) is 0 Å². The summed E-state index contributed by atoms with van der Waals surface area (Å²) >= 11 is 6.14. The van der Waals surface area contributed by atoms with Crippen molar-refractivity contribution < 1.29 is 9.53 Å². The van der Waals surface area contributed by atoms with E-state index in [-0.39, 0.29) is 5.91 Å². The second kappa shape index (κ2) is 7.14. The molecular formula is C17H18ClNO2. The second-order valence-corrected chi connectivity index (χ2v) is 5.19. The highest BCUT2D eigenvalue weighted by molar-refractivity contribution is 6.32. The standard InChI is InChI=1S/C17H18ClNO2/c1-12(20)19-10-9-13-3-5-14(6-4-13)15-7-8-17(21-2)16(18)11-15/h3-8,11H,9-10H2,1-2H3,(H,19,20). The quantitative estimate of drug-likeness (QED) is 0.915. The summed E-state index contributed by atoms with van der Waals surface area (Å²) in [5, 5.41) is 3.39. The van der Waals surface area contributed by atoms with E-state index in [9.17, 15) is 4.79 Å². The van der Waals surface area contributed by atoms with E-state index in [0.717, 1.165) is 17.5 Å². The lowest BCUT2D eigenvalue weighted by Crippen LogP contribution is -2.22. The van der Waals surface area contributed by atoms with Gasteiger partial charge in [0.1, 0.15) is 5.75 Å². The van der Waals surface area contributed by atoms with E-state index in [2.05, 4.69) is 29.6 Å². The third kappa shape index (κ3) is 4.23. The van der Waals surface area contributed by atoms with Crippen LogP contribution in [-0.4, -0.2) is 19.6 Å². The molecule has 0 atom stereocenters. The Morgan fingerprint density at radius 1 is 1.14 bits per heavy atom. The highest BCUT2D eigenvalue weighted by atomic mass is 35.5. The molecule has 2 aromatic rings. The molecule has 0 bridgehead atoms. The van der Waals surface area contributed by atoms with E-state index in [0.29, 0.717) is 17.3 Å². The first-order chi connectivity index (χ1) is 10.1. The molecule has 3 nitrogen and oxygen atoms in total. The van der Waals surface area contributed by atoms with Crippen molar-refractivity contribution in [2.75, 3.05) is 13.7 Å². The van der Waals surface area contributed by atoms with Crippen molar-refractivity contribution in [1.82, 2.24) is 5.32 Å². The van der Waals surface area contributed by atoms with Gasteiger partial charge >= 0.3 is 0 Å². The van der Waals surface area contributed by atoms with Gasteiger partial charge in [-0.15, -0.1) is 0 Å². The van der Waals surface area contributed by atoms with Gasteiger partial charge in [-0.2, -0.15) is 0 Å². The van der Waals surface area contributed by atoms with Crippen LogP contribution < -0.4 is 10.1 Å². The summed E-state index contributed by atoms with van der Waals surface area (Å²) in [6, 6.07) is 14.0. The third-order valence-corrected chi connectivity index (χ3v) is 3.52. The summed E-state index contributed by atoms with van der Waals surface area (Å²) in [6.07, 6.45) is 0.823. The summed E-state index contributed by atoms with van der Waals surface area (Å²) in [6.45, 7) is 2.18. The normalized spacial score (nSPS) is 10.2. The molecule has 0 fully saturated rings. The molecule has 0 unspecified atom stereocenters. The number of nitrogens with one attached hydrogen (secondary N) is 1. The van der Waals surface area contributed by atoms with Crippen molar-refractivity contribution in [1.29, 1.82) is 0 Å². The van der Waals surface area contributed by atoms with Gasteiger partial charge in [0.2, 0.25) is 5.91 Å². The van der Waals surface area contributed by atoms with Gasteiger partial charge < -0.3 is 10.1 Å². The maximum Gasteiger partial charge on any atom is 0.216 e. The van der Waals surface area contributed by atoms with E-state index >= 15 is 0 Å². The number of amides is 1. The van der Waals surface area contributed by atoms with Crippen LogP contribution in [0.2, 0.25) is 5.02 Å². The number of halogens is 1. The van der Waals surface area contributed by atoms with Crippen molar-refractivity contribution in [3.8, 4) is 16.9 Å². The minimum atomic E-state index is -0.000468. The Bertz CT molecular complexity index is 623. The molecule has 0 heterocycles. The maximum atomic E-state index is 10.8. The van der Waals surface area contributed by atoms with Crippen LogP contribution in [0.4, 0.5) is 0 Å². The molecule has 21 heavy (non-hydrogen) atoms. The molecule has 0 spiro atoms. The first-order valence-electron chi connectivity index (χ1n) is 6.77. The average Bonchev–Trinajstić information content (AvgIpc) is 2.47. The van der Waals surface area contributed by atoms with Crippen LogP contribution in [0.15, 0.2) is 42.5 Å². The highest BCUT2D eigenvalue weighted by Gasteiger charge is 2.04. The van der Waals surface area contributed by atoms with Crippen molar-refractivity contribution in [2.45, 2.75) is 13.3 Å². The van der Waals surface area contributed by atoms with Crippen molar-refractivity contribution in [3.63, 3.8) is 0 Å². The molecule has 2 aromatic carbocycles. The Labute approximate surface area is 129 Å². The topological polar surface area (TPSA) is 38.3 Å². The van der Waals surface area contributed by atoms with E-state index < -0.39 is 0 Å². The van der Waals surface area contributed by atoms with Gasteiger partial charge in [0.25, 0.3) is 0 Å². The van der Waals surface area contributed by atoms with Crippen LogP contribution in [-0.2, 0) is 11.2 Å². The molecule has 2 rings (SSSR count). The molecule has 0 saturated carbocycles. The average molecular weight is 304 g/mol. The van der Waals surface area contributed by atoms with Crippen LogP contribution in [0.25, 0.3) is 11.1 Å². The Morgan fingerprint density at radius 3 is 2.38 bits per heavy atom. The minimum absolute atomic E-state index is 0.000468. The summed E-state index contributed by atoms with van der Waals surface area (Å²) in [5.74, 6) is 0.673. The highest BCUT2D eigenvalue weighted by Crippen LogP contribution is 2.30. The maximum absolute atomic E-state index is 10.8. The lowest BCUT2D eigenvalue weighted by Gasteiger charge is -2.08. The van der Waals surface area contributed by atoms with Crippen molar-refractivity contribution in [3.05, 3.63) is 53.1 Å². The first kappa shape index (κ1) is 15.4. The van der Waals surface area contributed by atoms with Crippen LogP contribution in [0.1, 0.15) is 12.5 Å². The van der Waals surface area contributed by atoms with Crippen LogP contribution in [0.3, 0.4) is 0 Å². The fourth-order valence-electron chi connectivity index (χ4n) is 2.09. The molecule has 0 aromatic heterocycles. The van der Waals surface area contributed by atoms with Gasteiger partial charge in [0, 0.05) is 13.5 Å². The molecule has 0 radical (unpaired) electrons. The zero-order chi connectivity index (χ0) is 15.2. The number of carbonyl (C=O) groups is 1. The Hall–Kier alpha value is -2.00. The number of ether oxygens (including phenoxy) is 1. The molecule has 1 N–H and O–H groups in total. The lowest BCUT2D eigenvalue weighted by atomic mass is 10.0. The summed E-state index contributed by atoms with van der Waals surface area (Å²) < 4.78 is 5.15. The molecule has 4 heteroatoms. The number of benzene rings is 2. The minimum Gasteiger partial charge on any atom is -0.495 e. The first-order valence-corrected chi connectivity index (χ1v) is 7.15. The van der Waals surface area contributed by atoms with Gasteiger partial charge in [-0.3, -0.25) is 4.79 Å². The number of carbonyl (C=O) groups excluding carboxylic acids is 1. The Kier molecular flexibility index (Phi) is 5.23. The second-order valence-electron chi connectivity index (χ2n) is 4.78. The van der Waals surface area contributed by atoms with Crippen molar-refractivity contribution >= 4 is 17.5 Å². The molecule has 110 valence electrons. The SMILES string of the molecule is COc1ccc(-c2ccc(CCNC(C)=O)cc2)cc1Cl. The van der Waals surface area contributed by atoms with Crippen molar-refractivity contribution in [2.24, 2.45) is 0 Å². The van der Waals surface area contributed by atoms with E-state index in [4.69, 9.17) is 16.3 Å². The van der Waals surface area contributed by atoms with E-state index in [1.165, 1.54) is 12.5 Å². The molecule has 0 aliphatic heterocycles. The number of hydrogen-bond acceptors (Lipinski definition) is 2. The summed E-state index contributed by atoms with van der Waals surface area (Å²) in [7, 11) is 1.60. The summed E-state index contributed by atoms with van der Waals surface area (Å²) in [5.41, 5.74) is 3.34. The largest absolute Gasteiger partial charge is 0.495 e. The molecule has 1 amide bonds. The van der Waals surface area contributed by atoms with E-state index in [1.807, 2.05) is 18.2 Å². The molecule has 0 saturated heterocycles. The Morgan fingerprint density at radius 2 is 1.81 bits per heavy atom. The van der Waals surface area contributed by atoms with Gasteiger partial charge in [-0.25, -0.2) is 0 Å². The van der Waals surface area contributed by atoms with Gasteiger partial charge in [-0.05, 0) is 35.2 Å². The van der Waals surface area contributed by atoms with Crippen LogP contribution in [0.5, 0.6) is 5.75 Å². The lowest BCUT2D eigenvalue weighted by molar-refractivity contribution is -0.118. The fraction of sp³-hybridized carbons (Fsp3) is 0.235. The molecule has 0 aliphatic rings. The molecule has 0 aliphatic carbocycles. The van der Waals surface area contributed by atoms with Gasteiger partial charge in [-0.1, -0.05) is 41.9 Å². The zero-order valence-corrected chi connectivity index (χ0v) is 12.9. The number of methoxy groups -OCH3 is 1. The monoisotopic (exact) mass is 303 g/mol. The van der Waals surface area contributed by atoms with Gasteiger partial charge in [0.15, 0.2) is 0 Å². The predicted octanol–water partition coefficient (Wildman–Crippen LogP) is 3.69. The number of rotatable bonds is 5. The Balaban J connectivity index is 2.08.